The fourth-order valence-corrected chi connectivity index (χ4v) is 1.52. The lowest BCUT2D eigenvalue weighted by molar-refractivity contribution is 0.120. The predicted molar refractivity (Wildman–Crippen MR) is 54.1 cm³/mol. The molecule has 0 saturated heterocycles. The Kier molecular flexibility index (Phi) is 2.53. The van der Waals surface area contributed by atoms with Crippen LogP contribution in [0.15, 0.2) is 24.3 Å². The Balaban J connectivity index is 2.01. The van der Waals surface area contributed by atoms with Crippen molar-refractivity contribution >= 4 is 0 Å². The first-order chi connectivity index (χ1) is 6.38. The maximum Gasteiger partial charge on any atom is 0.119 e. The minimum absolute atomic E-state index is 0.493. The van der Waals surface area contributed by atoms with Crippen molar-refractivity contribution in [3.05, 3.63) is 29.8 Å². The van der Waals surface area contributed by atoms with Crippen molar-refractivity contribution in [2.24, 2.45) is 0 Å². The molecule has 0 bridgehead atoms. The first kappa shape index (κ1) is 8.61. The van der Waals surface area contributed by atoms with Crippen molar-refractivity contribution in [2.45, 2.75) is 38.7 Å². The second-order valence-electron chi connectivity index (χ2n) is 3.67. The van der Waals surface area contributed by atoms with Crippen LogP contribution in [0.25, 0.3) is 0 Å². The van der Waals surface area contributed by atoms with Crippen LogP contribution < -0.4 is 4.74 Å². The van der Waals surface area contributed by atoms with Crippen molar-refractivity contribution in [3.8, 4) is 5.75 Å². The van der Waals surface area contributed by atoms with Crippen molar-refractivity contribution in [1.82, 2.24) is 0 Å². The van der Waals surface area contributed by atoms with Crippen molar-refractivity contribution in [3.63, 3.8) is 0 Å². The topological polar surface area (TPSA) is 9.23 Å². The van der Waals surface area contributed by atoms with Gasteiger partial charge < -0.3 is 4.74 Å². The minimum atomic E-state index is 0.493. The lowest BCUT2D eigenvalue weighted by Crippen LogP contribution is -2.24. The fourth-order valence-electron chi connectivity index (χ4n) is 1.52. The highest BCUT2D eigenvalue weighted by molar-refractivity contribution is 5.28. The highest BCUT2D eigenvalue weighted by atomic mass is 16.5. The smallest absolute Gasteiger partial charge is 0.119 e. The molecule has 0 amide bonds. The van der Waals surface area contributed by atoms with E-state index in [0.29, 0.717) is 6.10 Å². The van der Waals surface area contributed by atoms with E-state index in [1.54, 1.807) is 0 Å². The van der Waals surface area contributed by atoms with Crippen LogP contribution >= 0.6 is 0 Å². The minimum Gasteiger partial charge on any atom is -0.490 e. The summed E-state index contributed by atoms with van der Waals surface area (Å²) in [5.41, 5.74) is 1.36. The quantitative estimate of drug-likeness (QED) is 0.687. The molecule has 0 atom stereocenters. The molecule has 1 aromatic rings. The molecule has 0 radical (unpaired) electrons. The predicted octanol–water partition coefficient (Wildman–Crippen LogP) is 3.18. The number of hydrogen-bond donors (Lipinski definition) is 0. The monoisotopic (exact) mass is 176 g/mol. The van der Waals surface area contributed by atoms with E-state index in [9.17, 15) is 0 Å². The van der Waals surface area contributed by atoms with Crippen LogP contribution in [0.1, 0.15) is 31.7 Å². The molecule has 70 valence electrons. The summed E-state index contributed by atoms with van der Waals surface area (Å²) < 4.78 is 5.79. The van der Waals surface area contributed by atoms with Gasteiger partial charge in [0.05, 0.1) is 6.10 Å². The van der Waals surface area contributed by atoms with Gasteiger partial charge in [0.2, 0.25) is 0 Å². The zero-order valence-electron chi connectivity index (χ0n) is 8.12. The molecule has 0 heterocycles. The molecule has 0 N–H and O–H groups in total. The van der Waals surface area contributed by atoms with E-state index in [4.69, 9.17) is 4.74 Å². The van der Waals surface area contributed by atoms with Crippen molar-refractivity contribution < 1.29 is 4.74 Å². The van der Waals surface area contributed by atoms with Crippen LogP contribution in [-0.2, 0) is 6.42 Å². The molecule has 2 rings (SSSR count). The van der Waals surface area contributed by atoms with Crippen LogP contribution in [0.3, 0.4) is 0 Å². The third kappa shape index (κ3) is 2.03. The molecule has 0 spiro atoms. The van der Waals surface area contributed by atoms with Gasteiger partial charge >= 0.3 is 0 Å². The van der Waals surface area contributed by atoms with E-state index >= 15 is 0 Å². The van der Waals surface area contributed by atoms with E-state index in [1.807, 2.05) is 0 Å². The number of benzene rings is 1. The first-order valence-corrected chi connectivity index (χ1v) is 5.14. The van der Waals surface area contributed by atoms with Gasteiger partial charge in [-0.05, 0) is 43.4 Å². The molecule has 1 aromatic carbocycles. The average molecular weight is 176 g/mol. The molecule has 13 heavy (non-hydrogen) atoms. The normalized spacial score (nSPS) is 16.7. The molecule has 1 fully saturated rings. The average Bonchev–Trinajstić information content (AvgIpc) is 2.12. The van der Waals surface area contributed by atoms with E-state index in [-0.39, 0.29) is 0 Å². The van der Waals surface area contributed by atoms with Crippen molar-refractivity contribution in [2.75, 3.05) is 0 Å². The van der Waals surface area contributed by atoms with Crippen LogP contribution in [-0.4, -0.2) is 6.10 Å². The largest absolute Gasteiger partial charge is 0.490 e. The molecular weight excluding hydrogens is 160 g/mol. The van der Waals surface area contributed by atoms with Gasteiger partial charge in [-0.2, -0.15) is 0 Å². The lowest BCUT2D eigenvalue weighted by Gasteiger charge is -2.26. The van der Waals surface area contributed by atoms with Gasteiger partial charge in [0.1, 0.15) is 5.75 Å². The standard InChI is InChI=1S/C12H16O/c1-2-10-5-3-8-12(9-10)13-11-6-4-7-11/h3,5,8-9,11H,2,4,6-7H2,1H3. The van der Waals surface area contributed by atoms with Crippen LogP contribution in [0, 0.1) is 0 Å². The van der Waals surface area contributed by atoms with E-state index in [1.165, 1.54) is 24.8 Å². The summed E-state index contributed by atoms with van der Waals surface area (Å²) in [5, 5.41) is 0. The van der Waals surface area contributed by atoms with E-state index in [0.717, 1.165) is 12.2 Å². The molecule has 0 aliphatic heterocycles. The SMILES string of the molecule is CCc1cccc(OC2CCC2)c1. The van der Waals surface area contributed by atoms with Gasteiger partial charge in [0, 0.05) is 0 Å². The first-order valence-electron chi connectivity index (χ1n) is 5.14. The van der Waals surface area contributed by atoms with E-state index < -0.39 is 0 Å². The molecular formula is C12H16O. The lowest BCUT2D eigenvalue weighted by atomic mass is 9.96. The Morgan fingerprint density at radius 2 is 2.23 bits per heavy atom. The third-order valence-corrected chi connectivity index (χ3v) is 2.66. The Labute approximate surface area is 79.7 Å². The summed E-state index contributed by atoms with van der Waals surface area (Å²) >= 11 is 0. The van der Waals surface area contributed by atoms with Crippen LogP contribution in [0.5, 0.6) is 5.75 Å². The molecule has 0 unspecified atom stereocenters. The van der Waals surface area contributed by atoms with Gasteiger partial charge in [0.15, 0.2) is 0 Å². The second-order valence-corrected chi connectivity index (χ2v) is 3.67. The summed E-state index contributed by atoms with van der Waals surface area (Å²) in [6.45, 7) is 2.17. The zero-order valence-corrected chi connectivity index (χ0v) is 8.12. The number of aryl methyl sites for hydroxylation is 1. The summed E-state index contributed by atoms with van der Waals surface area (Å²) in [7, 11) is 0. The highest BCUT2D eigenvalue weighted by Crippen LogP contribution is 2.25. The molecule has 1 nitrogen and oxygen atoms in total. The summed E-state index contributed by atoms with van der Waals surface area (Å²) in [6.07, 6.45) is 5.37. The number of hydrogen-bond acceptors (Lipinski definition) is 1. The highest BCUT2D eigenvalue weighted by Gasteiger charge is 2.18. The maximum absolute atomic E-state index is 5.79. The molecule has 1 aliphatic carbocycles. The summed E-state index contributed by atoms with van der Waals surface area (Å²) in [6, 6.07) is 8.43. The van der Waals surface area contributed by atoms with Gasteiger partial charge in [-0.15, -0.1) is 0 Å². The van der Waals surface area contributed by atoms with Crippen LogP contribution in [0.2, 0.25) is 0 Å². The zero-order chi connectivity index (χ0) is 9.10. The number of ether oxygens (including phenoxy) is 1. The Morgan fingerprint density at radius 3 is 2.85 bits per heavy atom. The second kappa shape index (κ2) is 3.82. The number of rotatable bonds is 3. The Morgan fingerprint density at radius 1 is 1.38 bits per heavy atom. The van der Waals surface area contributed by atoms with Gasteiger partial charge in [0.25, 0.3) is 0 Å². The molecule has 1 heteroatoms. The maximum atomic E-state index is 5.79. The molecule has 1 aliphatic rings. The third-order valence-electron chi connectivity index (χ3n) is 2.66. The van der Waals surface area contributed by atoms with Crippen LogP contribution in [0.4, 0.5) is 0 Å². The van der Waals surface area contributed by atoms with Gasteiger partial charge in [-0.1, -0.05) is 19.1 Å². The van der Waals surface area contributed by atoms with Gasteiger partial charge in [-0.25, -0.2) is 0 Å². The molecule has 1 saturated carbocycles. The Bertz CT molecular complexity index is 276. The fraction of sp³-hybridized carbons (Fsp3) is 0.500. The van der Waals surface area contributed by atoms with Gasteiger partial charge in [-0.3, -0.25) is 0 Å². The molecule has 0 aromatic heterocycles. The summed E-state index contributed by atoms with van der Waals surface area (Å²) in [5.74, 6) is 1.05. The summed E-state index contributed by atoms with van der Waals surface area (Å²) in [4.78, 5) is 0. The van der Waals surface area contributed by atoms with E-state index in [2.05, 4.69) is 31.2 Å². The van der Waals surface area contributed by atoms with Crippen molar-refractivity contribution in [1.29, 1.82) is 0 Å². The Hall–Kier alpha value is -0.980.